The average Bonchev–Trinajstić information content (AvgIpc) is 3.23. The molecule has 8 nitrogen and oxygen atoms in total. The Kier molecular flexibility index (Phi) is 6.81. The number of likely N-dealkylation sites (tertiary alicyclic amines) is 1. The zero-order valence-electron chi connectivity index (χ0n) is 17.4. The highest BCUT2D eigenvalue weighted by molar-refractivity contribution is 5.77. The monoisotopic (exact) mass is 415 g/mol. The second-order valence-electron chi connectivity index (χ2n) is 7.19. The Balaban J connectivity index is 1.70. The number of hydrogen-bond acceptors (Lipinski definition) is 6. The second-order valence-corrected chi connectivity index (χ2v) is 7.19. The number of aromatic nitrogens is 2. The highest BCUT2D eigenvalue weighted by Crippen LogP contribution is 2.30. The van der Waals surface area contributed by atoms with Gasteiger partial charge in [0, 0.05) is 33.6 Å². The Morgan fingerprint density at radius 1 is 1.33 bits per heavy atom. The lowest BCUT2D eigenvalue weighted by atomic mass is 10.2. The highest BCUT2D eigenvalue weighted by Gasteiger charge is 2.30. The molecule has 160 valence electrons. The maximum absolute atomic E-state index is 13.7. The number of halogens is 1. The minimum absolute atomic E-state index is 0.00454. The first-order valence-electron chi connectivity index (χ1n) is 9.83. The molecule has 2 amide bonds. The SMILES string of the molecule is CNc1cc(CN(C)C(=O)COc2ccccc2F)nc([C@H]2CCCN2C(C)=O)n1. The number of nitrogens with one attached hydrogen (secondary N) is 1. The number of anilines is 1. The predicted octanol–water partition coefficient (Wildman–Crippen LogP) is 2.38. The zero-order chi connectivity index (χ0) is 21.7. The van der Waals surface area contributed by atoms with E-state index < -0.39 is 5.82 Å². The first kappa shape index (κ1) is 21.5. The molecular formula is C21H26FN5O3. The third-order valence-corrected chi connectivity index (χ3v) is 5.02. The van der Waals surface area contributed by atoms with Gasteiger partial charge in [0.25, 0.3) is 5.91 Å². The number of ether oxygens (including phenoxy) is 1. The summed E-state index contributed by atoms with van der Waals surface area (Å²) in [7, 11) is 3.38. The van der Waals surface area contributed by atoms with Crippen LogP contribution in [0.15, 0.2) is 30.3 Å². The van der Waals surface area contributed by atoms with E-state index in [0.29, 0.717) is 23.9 Å². The van der Waals surface area contributed by atoms with Crippen LogP contribution in [-0.4, -0.2) is 58.8 Å². The fourth-order valence-electron chi connectivity index (χ4n) is 3.43. The van der Waals surface area contributed by atoms with Crippen LogP contribution in [0, 0.1) is 5.82 Å². The number of rotatable bonds is 7. The molecule has 1 aliphatic heterocycles. The summed E-state index contributed by atoms with van der Waals surface area (Å²) < 4.78 is 18.9. The average molecular weight is 415 g/mol. The Bertz CT molecular complexity index is 923. The van der Waals surface area contributed by atoms with E-state index in [0.717, 1.165) is 12.8 Å². The van der Waals surface area contributed by atoms with Crippen molar-refractivity contribution in [2.45, 2.75) is 32.4 Å². The number of likely N-dealkylation sites (N-methyl/N-ethyl adjacent to an activating group) is 1. The van der Waals surface area contributed by atoms with E-state index in [2.05, 4.69) is 15.3 Å². The third-order valence-electron chi connectivity index (χ3n) is 5.02. The lowest BCUT2D eigenvalue weighted by Gasteiger charge is -2.23. The highest BCUT2D eigenvalue weighted by atomic mass is 19.1. The van der Waals surface area contributed by atoms with E-state index in [1.54, 1.807) is 44.1 Å². The Morgan fingerprint density at radius 3 is 2.80 bits per heavy atom. The standard InChI is InChI=1S/C21H26FN5O3/c1-14(28)27-10-6-8-17(27)21-24-15(11-19(23-2)25-21)12-26(3)20(29)13-30-18-9-5-4-7-16(18)22/h4-5,7,9,11,17H,6,8,10,12-13H2,1-3H3,(H,23,24,25)/t17-/m1/s1. The normalized spacial score (nSPS) is 15.7. The topological polar surface area (TPSA) is 87.7 Å². The molecule has 0 radical (unpaired) electrons. The molecule has 1 aromatic heterocycles. The molecule has 0 aliphatic carbocycles. The van der Waals surface area contributed by atoms with Gasteiger partial charge in [-0.2, -0.15) is 0 Å². The summed E-state index contributed by atoms with van der Waals surface area (Å²) >= 11 is 0. The van der Waals surface area contributed by atoms with Gasteiger partial charge in [-0.05, 0) is 25.0 Å². The van der Waals surface area contributed by atoms with Gasteiger partial charge in [-0.3, -0.25) is 9.59 Å². The van der Waals surface area contributed by atoms with Crippen LogP contribution in [0.2, 0.25) is 0 Å². The van der Waals surface area contributed by atoms with Crippen LogP contribution >= 0.6 is 0 Å². The number of carbonyl (C=O) groups is 2. The predicted molar refractivity (Wildman–Crippen MR) is 109 cm³/mol. The second kappa shape index (κ2) is 9.51. The van der Waals surface area contributed by atoms with Gasteiger partial charge in [0.1, 0.15) is 5.82 Å². The lowest BCUT2D eigenvalue weighted by molar-refractivity contribution is -0.132. The van der Waals surface area contributed by atoms with Crippen LogP contribution in [0.1, 0.15) is 37.3 Å². The van der Waals surface area contributed by atoms with Crippen LogP contribution in [0.3, 0.4) is 0 Å². The van der Waals surface area contributed by atoms with Gasteiger partial charge in [-0.25, -0.2) is 14.4 Å². The van der Waals surface area contributed by atoms with Crippen molar-refractivity contribution in [3.8, 4) is 5.75 Å². The summed E-state index contributed by atoms with van der Waals surface area (Å²) in [5.41, 5.74) is 0.640. The summed E-state index contributed by atoms with van der Waals surface area (Å²) in [5.74, 6) is 0.387. The smallest absolute Gasteiger partial charge is 0.260 e. The molecule has 1 aliphatic rings. The van der Waals surface area contributed by atoms with Crippen molar-refractivity contribution in [3.63, 3.8) is 0 Å². The fraction of sp³-hybridized carbons (Fsp3) is 0.429. The molecule has 1 N–H and O–H groups in total. The van der Waals surface area contributed by atoms with E-state index >= 15 is 0 Å². The van der Waals surface area contributed by atoms with E-state index in [1.807, 2.05) is 0 Å². The molecule has 2 heterocycles. The van der Waals surface area contributed by atoms with Crippen molar-refractivity contribution in [2.24, 2.45) is 0 Å². The van der Waals surface area contributed by atoms with Crippen molar-refractivity contribution < 1.29 is 18.7 Å². The minimum Gasteiger partial charge on any atom is -0.481 e. The number of hydrogen-bond donors (Lipinski definition) is 1. The van der Waals surface area contributed by atoms with E-state index in [4.69, 9.17) is 4.74 Å². The van der Waals surface area contributed by atoms with E-state index in [1.165, 1.54) is 17.0 Å². The zero-order valence-corrected chi connectivity index (χ0v) is 17.4. The molecule has 1 fully saturated rings. The summed E-state index contributed by atoms with van der Waals surface area (Å²) in [6.45, 7) is 2.18. The van der Waals surface area contributed by atoms with Gasteiger partial charge in [-0.1, -0.05) is 12.1 Å². The van der Waals surface area contributed by atoms with Gasteiger partial charge in [0.2, 0.25) is 5.91 Å². The van der Waals surface area contributed by atoms with Crippen molar-refractivity contribution >= 4 is 17.6 Å². The Labute approximate surface area is 175 Å². The summed E-state index contributed by atoms with van der Waals surface area (Å²) in [4.78, 5) is 36.7. The maximum Gasteiger partial charge on any atom is 0.260 e. The number of nitrogens with zero attached hydrogens (tertiary/aromatic N) is 4. The van der Waals surface area contributed by atoms with Crippen LogP contribution < -0.4 is 10.1 Å². The van der Waals surface area contributed by atoms with Crippen molar-refractivity contribution in [2.75, 3.05) is 32.6 Å². The molecular weight excluding hydrogens is 389 g/mol. The molecule has 0 saturated carbocycles. The van der Waals surface area contributed by atoms with E-state index in [9.17, 15) is 14.0 Å². The molecule has 9 heteroatoms. The number of amides is 2. The fourth-order valence-corrected chi connectivity index (χ4v) is 3.43. The summed E-state index contributed by atoms with van der Waals surface area (Å²) in [6.07, 6.45) is 1.70. The third kappa shape index (κ3) is 5.03. The van der Waals surface area contributed by atoms with Gasteiger partial charge in [0.15, 0.2) is 24.0 Å². The quantitative estimate of drug-likeness (QED) is 0.747. The first-order valence-corrected chi connectivity index (χ1v) is 9.83. The molecule has 3 rings (SSSR count). The van der Waals surface area contributed by atoms with Crippen LogP contribution in [-0.2, 0) is 16.1 Å². The first-order chi connectivity index (χ1) is 14.4. The molecule has 1 atom stereocenters. The molecule has 0 unspecified atom stereocenters. The lowest BCUT2D eigenvalue weighted by Crippen LogP contribution is -2.32. The molecule has 1 aromatic carbocycles. The molecule has 0 bridgehead atoms. The summed E-state index contributed by atoms with van der Waals surface area (Å²) in [6, 6.07) is 7.54. The Hall–Kier alpha value is -3.23. The van der Waals surface area contributed by atoms with Crippen LogP contribution in [0.4, 0.5) is 10.2 Å². The van der Waals surface area contributed by atoms with Gasteiger partial charge < -0.3 is 19.9 Å². The molecule has 1 saturated heterocycles. The largest absolute Gasteiger partial charge is 0.481 e. The number of benzene rings is 1. The minimum atomic E-state index is -0.515. The number of para-hydroxylation sites is 1. The van der Waals surface area contributed by atoms with Gasteiger partial charge >= 0.3 is 0 Å². The van der Waals surface area contributed by atoms with Crippen molar-refractivity contribution in [1.29, 1.82) is 0 Å². The maximum atomic E-state index is 13.7. The molecule has 30 heavy (non-hydrogen) atoms. The molecule has 0 spiro atoms. The number of carbonyl (C=O) groups excluding carboxylic acids is 2. The van der Waals surface area contributed by atoms with Gasteiger partial charge in [-0.15, -0.1) is 0 Å². The van der Waals surface area contributed by atoms with E-state index in [-0.39, 0.29) is 36.8 Å². The van der Waals surface area contributed by atoms with Gasteiger partial charge in [0.05, 0.1) is 18.3 Å². The Morgan fingerprint density at radius 2 is 2.10 bits per heavy atom. The van der Waals surface area contributed by atoms with Crippen LogP contribution in [0.5, 0.6) is 5.75 Å². The van der Waals surface area contributed by atoms with Crippen LogP contribution in [0.25, 0.3) is 0 Å². The summed E-state index contributed by atoms with van der Waals surface area (Å²) in [5, 5.41) is 3.01. The van der Waals surface area contributed by atoms with Crippen molar-refractivity contribution in [1.82, 2.24) is 19.8 Å². The molecule has 2 aromatic rings. The van der Waals surface area contributed by atoms with Crippen molar-refractivity contribution in [3.05, 3.63) is 47.7 Å².